The lowest BCUT2D eigenvalue weighted by molar-refractivity contribution is -0.137. The van der Waals surface area contributed by atoms with Gasteiger partial charge < -0.3 is 14.0 Å². The molecule has 1 aromatic carbocycles. The van der Waals surface area contributed by atoms with Crippen LogP contribution in [0.5, 0.6) is 5.75 Å². The van der Waals surface area contributed by atoms with E-state index in [1.807, 2.05) is 24.7 Å². The van der Waals surface area contributed by atoms with E-state index in [9.17, 15) is 9.90 Å². The van der Waals surface area contributed by atoms with Crippen molar-refractivity contribution in [3.05, 3.63) is 42.0 Å². The SMILES string of the molecule is C=C(C)C(=O)OC[SiH](C)O[Si](C)(C)Cc1ccccc1O. The first-order chi connectivity index (χ1) is 9.71. The van der Waals surface area contributed by atoms with Crippen molar-refractivity contribution in [3.8, 4) is 5.75 Å². The van der Waals surface area contributed by atoms with Crippen molar-refractivity contribution in [1.82, 2.24) is 0 Å². The van der Waals surface area contributed by atoms with Gasteiger partial charge in [-0.2, -0.15) is 0 Å². The van der Waals surface area contributed by atoms with E-state index < -0.39 is 17.4 Å². The molecule has 4 nitrogen and oxygen atoms in total. The maximum atomic E-state index is 11.4. The predicted octanol–water partition coefficient (Wildman–Crippen LogP) is 2.71. The topological polar surface area (TPSA) is 55.8 Å². The molecule has 0 fully saturated rings. The first-order valence-electron chi connectivity index (χ1n) is 6.98. The van der Waals surface area contributed by atoms with E-state index in [4.69, 9.17) is 8.85 Å². The number of phenols is 1. The molecule has 0 heterocycles. The number of para-hydroxylation sites is 1. The third-order valence-corrected chi connectivity index (χ3v) is 8.96. The Bertz CT molecular complexity index is 514. The van der Waals surface area contributed by atoms with E-state index in [1.54, 1.807) is 13.0 Å². The van der Waals surface area contributed by atoms with Gasteiger partial charge in [0.25, 0.3) is 0 Å². The summed E-state index contributed by atoms with van der Waals surface area (Å²) in [6, 6.07) is 8.07. The first kappa shape index (κ1) is 17.7. The van der Waals surface area contributed by atoms with E-state index >= 15 is 0 Å². The summed E-state index contributed by atoms with van der Waals surface area (Å²) in [5.74, 6) is -0.0529. The van der Waals surface area contributed by atoms with Crippen LogP contribution in [0.4, 0.5) is 0 Å². The highest BCUT2D eigenvalue weighted by atomic mass is 28.4. The molecule has 0 bridgehead atoms. The summed E-state index contributed by atoms with van der Waals surface area (Å²) in [5.41, 5.74) is 1.32. The van der Waals surface area contributed by atoms with Crippen molar-refractivity contribution in [1.29, 1.82) is 0 Å². The zero-order valence-corrected chi connectivity index (χ0v) is 15.3. The summed E-state index contributed by atoms with van der Waals surface area (Å²) >= 11 is 0. The Labute approximate surface area is 129 Å². The van der Waals surface area contributed by atoms with Crippen molar-refractivity contribution >= 4 is 23.3 Å². The molecule has 0 saturated heterocycles. The molecule has 1 unspecified atom stereocenters. The molecule has 1 atom stereocenters. The molecule has 0 aliphatic carbocycles. The molecule has 0 spiro atoms. The number of aromatic hydroxyl groups is 1. The van der Waals surface area contributed by atoms with Gasteiger partial charge >= 0.3 is 5.97 Å². The van der Waals surface area contributed by atoms with Gasteiger partial charge in [0.2, 0.25) is 0 Å². The fraction of sp³-hybridized carbons (Fsp3) is 0.400. The zero-order valence-electron chi connectivity index (χ0n) is 13.2. The maximum absolute atomic E-state index is 11.4. The Hall–Kier alpha value is -1.38. The minimum absolute atomic E-state index is 0.310. The van der Waals surface area contributed by atoms with Gasteiger partial charge in [-0.1, -0.05) is 24.8 Å². The monoisotopic (exact) mass is 324 g/mol. The van der Waals surface area contributed by atoms with Crippen molar-refractivity contribution in [2.45, 2.75) is 32.6 Å². The van der Waals surface area contributed by atoms with E-state index in [0.717, 1.165) is 11.6 Å². The molecule has 1 aromatic rings. The van der Waals surface area contributed by atoms with Crippen LogP contribution in [0, 0.1) is 0 Å². The molecule has 21 heavy (non-hydrogen) atoms. The van der Waals surface area contributed by atoms with E-state index in [0.29, 0.717) is 17.6 Å². The second-order valence-corrected chi connectivity index (χ2v) is 12.6. The first-order valence-corrected chi connectivity index (χ1v) is 12.5. The van der Waals surface area contributed by atoms with Gasteiger partial charge in [-0.3, -0.25) is 0 Å². The smallest absolute Gasteiger partial charge is 0.332 e. The number of ether oxygens (including phenoxy) is 1. The Morgan fingerprint density at radius 3 is 2.57 bits per heavy atom. The molecule has 0 saturated carbocycles. The highest BCUT2D eigenvalue weighted by Gasteiger charge is 2.27. The average Bonchev–Trinajstić information content (AvgIpc) is 2.37. The van der Waals surface area contributed by atoms with Gasteiger partial charge in [0.1, 0.15) is 12.0 Å². The van der Waals surface area contributed by atoms with Crippen LogP contribution < -0.4 is 0 Å². The summed E-state index contributed by atoms with van der Waals surface area (Å²) in [7, 11) is -3.54. The Morgan fingerprint density at radius 2 is 2.00 bits per heavy atom. The number of esters is 1. The van der Waals surface area contributed by atoms with E-state index in [1.165, 1.54) is 0 Å². The highest BCUT2D eigenvalue weighted by Crippen LogP contribution is 2.22. The highest BCUT2D eigenvalue weighted by molar-refractivity contribution is 6.77. The Kier molecular flexibility index (Phi) is 6.38. The van der Waals surface area contributed by atoms with Crippen LogP contribution in [0.3, 0.4) is 0 Å². The van der Waals surface area contributed by atoms with E-state index in [2.05, 4.69) is 19.7 Å². The molecular weight excluding hydrogens is 300 g/mol. The minimum atomic E-state index is -1.95. The molecule has 0 aliphatic rings. The van der Waals surface area contributed by atoms with Crippen LogP contribution in [0.25, 0.3) is 0 Å². The lowest BCUT2D eigenvalue weighted by Crippen LogP contribution is -2.41. The van der Waals surface area contributed by atoms with Gasteiger partial charge in [0.05, 0.1) is 0 Å². The molecule has 1 rings (SSSR count). The fourth-order valence-electron chi connectivity index (χ4n) is 2.06. The number of benzene rings is 1. The quantitative estimate of drug-likeness (QED) is 0.476. The summed E-state index contributed by atoms with van der Waals surface area (Å²) < 4.78 is 11.3. The average molecular weight is 325 g/mol. The molecule has 116 valence electrons. The molecule has 6 heteroatoms. The molecular formula is C15H24O4Si2. The van der Waals surface area contributed by atoms with Gasteiger partial charge in [0.15, 0.2) is 17.4 Å². The summed E-state index contributed by atoms with van der Waals surface area (Å²) in [5, 5.41) is 9.84. The number of rotatable bonds is 7. The maximum Gasteiger partial charge on any atom is 0.332 e. The normalized spacial score (nSPS) is 12.8. The summed E-state index contributed by atoms with van der Waals surface area (Å²) in [6.45, 7) is 11.4. The minimum Gasteiger partial charge on any atom is -0.508 e. The molecule has 0 aromatic heterocycles. The summed E-state index contributed by atoms with van der Waals surface area (Å²) in [4.78, 5) is 11.4. The number of phenolic OH excluding ortho intramolecular Hbond substituents is 1. The Morgan fingerprint density at radius 1 is 1.38 bits per heavy atom. The van der Waals surface area contributed by atoms with Gasteiger partial charge in [-0.05, 0) is 44.2 Å². The van der Waals surface area contributed by atoms with Gasteiger partial charge in [-0.15, -0.1) is 0 Å². The van der Waals surface area contributed by atoms with Crippen LogP contribution in [0.15, 0.2) is 36.4 Å². The summed E-state index contributed by atoms with van der Waals surface area (Å²) in [6.07, 6.45) is 0.350. The zero-order chi connectivity index (χ0) is 16.0. The van der Waals surface area contributed by atoms with Crippen molar-refractivity contribution < 1.29 is 18.8 Å². The molecule has 0 amide bonds. The number of hydrogen-bond acceptors (Lipinski definition) is 4. The van der Waals surface area contributed by atoms with Crippen molar-refractivity contribution in [3.63, 3.8) is 0 Å². The van der Waals surface area contributed by atoms with Crippen LogP contribution in [0.2, 0.25) is 19.6 Å². The van der Waals surface area contributed by atoms with E-state index in [-0.39, 0.29) is 5.97 Å². The fourth-order valence-corrected chi connectivity index (χ4v) is 8.62. The van der Waals surface area contributed by atoms with Crippen LogP contribution in [-0.2, 0) is 19.7 Å². The van der Waals surface area contributed by atoms with Crippen LogP contribution in [0.1, 0.15) is 12.5 Å². The predicted molar refractivity (Wildman–Crippen MR) is 89.2 cm³/mol. The Balaban J connectivity index is 2.53. The molecule has 1 N–H and O–H groups in total. The van der Waals surface area contributed by atoms with Gasteiger partial charge in [-0.25, -0.2) is 4.79 Å². The molecule has 0 aliphatic heterocycles. The van der Waals surface area contributed by atoms with Gasteiger partial charge in [0, 0.05) is 5.57 Å². The lowest BCUT2D eigenvalue weighted by atomic mass is 10.2. The van der Waals surface area contributed by atoms with Crippen LogP contribution >= 0.6 is 0 Å². The number of hydrogen-bond donors (Lipinski definition) is 1. The van der Waals surface area contributed by atoms with Crippen molar-refractivity contribution in [2.75, 3.05) is 6.23 Å². The lowest BCUT2D eigenvalue weighted by Gasteiger charge is -2.27. The number of carbonyl (C=O) groups excluding carboxylic acids is 1. The number of carbonyl (C=O) groups is 1. The second kappa shape index (κ2) is 7.58. The second-order valence-electron chi connectivity index (χ2n) is 5.87. The third kappa shape index (κ3) is 6.28. The largest absolute Gasteiger partial charge is 0.508 e. The third-order valence-electron chi connectivity index (χ3n) is 2.93. The van der Waals surface area contributed by atoms with Crippen LogP contribution in [-0.4, -0.2) is 34.7 Å². The molecule has 0 radical (unpaired) electrons. The standard InChI is InChI=1S/C15H24O4Si2/c1-12(2)15(17)18-11-20(3)19-21(4,5)10-13-8-6-7-9-14(13)16/h6-9,16,20H,1,10-11H2,2-5H3. The van der Waals surface area contributed by atoms with Crippen molar-refractivity contribution in [2.24, 2.45) is 0 Å².